The zero-order chi connectivity index (χ0) is 12.7. The Bertz CT molecular complexity index is 329. The average molecular weight is 226 g/mol. The fourth-order valence-electron chi connectivity index (χ4n) is 0.569. The van der Waals surface area contributed by atoms with Crippen LogP contribution in [0.15, 0.2) is 23.3 Å². The summed E-state index contributed by atoms with van der Waals surface area (Å²) in [4.78, 5) is 33.1. The highest BCUT2D eigenvalue weighted by Gasteiger charge is 2.17. The summed E-state index contributed by atoms with van der Waals surface area (Å²) in [6.45, 7) is 6.21. The van der Waals surface area contributed by atoms with Crippen molar-refractivity contribution in [2.24, 2.45) is 0 Å². The van der Waals surface area contributed by atoms with E-state index in [0.717, 1.165) is 0 Å². The lowest BCUT2D eigenvalue weighted by Gasteiger charge is -2.03. The molecule has 16 heavy (non-hydrogen) atoms. The summed E-state index contributed by atoms with van der Waals surface area (Å²) < 4.78 is 8.50. The second kappa shape index (κ2) is 6.55. The van der Waals surface area contributed by atoms with E-state index in [0.29, 0.717) is 0 Å². The van der Waals surface area contributed by atoms with Crippen LogP contribution in [0.4, 0.5) is 4.79 Å². The smallest absolute Gasteiger partial charge is 0.356 e. The van der Waals surface area contributed by atoms with E-state index in [1.54, 1.807) is 13.8 Å². The van der Waals surface area contributed by atoms with Crippen LogP contribution in [0.2, 0.25) is 0 Å². The normalized spacial score (nSPS) is 12.0. The van der Waals surface area contributed by atoms with Crippen molar-refractivity contribution in [3.05, 3.63) is 23.3 Å². The summed E-state index contributed by atoms with van der Waals surface area (Å²) >= 11 is 0. The summed E-state index contributed by atoms with van der Waals surface area (Å²) in [5.41, 5.74) is 0.513. The molecule has 0 aromatic rings. The first-order valence-electron chi connectivity index (χ1n) is 4.66. The van der Waals surface area contributed by atoms with Crippen LogP contribution in [-0.2, 0) is 19.1 Å². The highest BCUT2D eigenvalue weighted by atomic mass is 16.8. The zero-order valence-electron chi connectivity index (χ0n) is 9.70. The molecular weight excluding hydrogens is 212 g/mol. The predicted octanol–water partition coefficient (Wildman–Crippen LogP) is 2.13. The first-order chi connectivity index (χ1) is 7.42. The summed E-state index contributed by atoms with van der Waals surface area (Å²) in [7, 11) is 0. The largest absolute Gasteiger partial charge is 0.524 e. The Morgan fingerprint density at radius 1 is 0.812 bits per heavy atom. The van der Waals surface area contributed by atoms with Gasteiger partial charge in [-0.15, -0.1) is 0 Å². The van der Waals surface area contributed by atoms with E-state index in [2.05, 4.69) is 9.47 Å². The van der Waals surface area contributed by atoms with Gasteiger partial charge >= 0.3 is 18.1 Å². The van der Waals surface area contributed by atoms with Gasteiger partial charge in [-0.2, -0.15) is 0 Å². The number of hydrogen-bond donors (Lipinski definition) is 0. The van der Waals surface area contributed by atoms with Crippen LogP contribution < -0.4 is 0 Å². The van der Waals surface area contributed by atoms with E-state index >= 15 is 0 Å². The Morgan fingerprint density at radius 3 is 1.38 bits per heavy atom. The van der Waals surface area contributed by atoms with Gasteiger partial charge in [0, 0.05) is 11.1 Å². The molecule has 0 saturated heterocycles. The molecule has 0 spiro atoms. The highest BCUT2D eigenvalue weighted by Crippen LogP contribution is 2.01. The molecule has 0 rings (SSSR count). The van der Waals surface area contributed by atoms with Crippen molar-refractivity contribution < 1.29 is 23.9 Å². The Kier molecular flexibility index (Phi) is 5.77. The summed E-state index contributed by atoms with van der Waals surface area (Å²) in [6, 6.07) is 0. The van der Waals surface area contributed by atoms with Gasteiger partial charge in [0.15, 0.2) is 0 Å². The molecule has 0 unspecified atom stereocenters. The number of carbonyl (C=O) groups excluding carboxylic acids is 3. The summed E-state index contributed by atoms with van der Waals surface area (Å²) in [5.74, 6) is -1.67. The Hall–Kier alpha value is -1.91. The standard InChI is InChI=1S/C11H14O5/c1-5-7(3)9(12)15-11(14)16-10(13)8(4)6-2/h5-6H,1-4H3. The second-order valence-corrected chi connectivity index (χ2v) is 2.97. The topological polar surface area (TPSA) is 69.7 Å². The van der Waals surface area contributed by atoms with E-state index < -0.39 is 18.1 Å². The van der Waals surface area contributed by atoms with Gasteiger partial charge in [0.1, 0.15) is 0 Å². The number of rotatable bonds is 2. The van der Waals surface area contributed by atoms with Gasteiger partial charge in [0.05, 0.1) is 0 Å². The lowest BCUT2D eigenvalue weighted by Crippen LogP contribution is -2.18. The monoisotopic (exact) mass is 226 g/mol. The lowest BCUT2D eigenvalue weighted by atomic mass is 10.3. The molecule has 0 aliphatic heterocycles. The van der Waals surface area contributed by atoms with Crippen LogP contribution in [0.1, 0.15) is 27.7 Å². The van der Waals surface area contributed by atoms with Crippen LogP contribution >= 0.6 is 0 Å². The van der Waals surface area contributed by atoms with Gasteiger partial charge in [-0.1, -0.05) is 12.2 Å². The predicted molar refractivity (Wildman–Crippen MR) is 56.4 cm³/mol. The molecule has 0 heterocycles. The molecule has 0 bridgehead atoms. The Morgan fingerprint density at radius 2 is 1.12 bits per heavy atom. The molecule has 5 nitrogen and oxygen atoms in total. The molecule has 0 aliphatic rings. The molecule has 0 amide bonds. The maximum atomic E-state index is 11.1. The minimum Gasteiger partial charge on any atom is -0.356 e. The molecule has 0 aromatic carbocycles. The maximum absolute atomic E-state index is 11.1. The van der Waals surface area contributed by atoms with E-state index in [4.69, 9.17) is 0 Å². The van der Waals surface area contributed by atoms with Crippen molar-refractivity contribution in [1.29, 1.82) is 0 Å². The van der Waals surface area contributed by atoms with Crippen molar-refractivity contribution in [2.75, 3.05) is 0 Å². The lowest BCUT2D eigenvalue weighted by molar-refractivity contribution is -0.141. The minimum atomic E-state index is -1.32. The third kappa shape index (κ3) is 4.54. The maximum Gasteiger partial charge on any atom is 0.524 e. The first kappa shape index (κ1) is 14.1. The summed E-state index contributed by atoms with van der Waals surface area (Å²) in [6.07, 6.45) is 1.64. The zero-order valence-corrected chi connectivity index (χ0v) is 9.70. The number of ether oxygens (including phenoxy) is 2. The summed E-state index contributed by atoms with van der Waals surface area (Å²) in [5, 5.41) is 0. The molecule has 0 aliphatic carbocycles. The van der Waals surface area contributed by atoms with E-state index in [9.17, 15) is 14.4 Å². The number of esters is 2. The van der Waals surface area contributed by atoms with Crippen LogP contribution in [-0.4, -0.2) is 18.1 Å². The molecule has 0 atom stereocenters. The van der Waals surface area contributed by atoms with E-state index in [1.165, 1.54) is 26.0 Å². The van der Waals surface area contributed by atoms with Crippen LogP contribution in [0.25, 0.3) is 0 Å². The van der Waals surface area contributed by atoms with E-state index in [1.807, 2.05) is 0 Å². The van der Waals surface area contributed by atoms with Crippen molar-refractivity contribution in [3.63, 3.8) is 0 Å². The minimum absolute atomic E-state index is 0.257. The molecule has 0 fully saturated rings. The first-order valence-corrected chi connectivity index (χ1v) is 4.66. The van der Waals surface area contributed by atoms with Crippen molar-refractivity contribution in [1.82, 2.24) is 0 Å². The van der Waals surface area contributed by atoms with Crippen molar-refractivity contribution in [2.45, 2.75) is 27.7 Å². The second-order valence-electron chi connectivity index (χ2n) is 2.97. The quantitative estimate of drug-likeness (QED) is 0.410. The molecule has 0 aromatic heterocycles. The SMILES string of the molecule is CC=C(C)C(=O)OC(=O)OC(=O)C(C)=CC. The third-order valence-electron chi connectivity index (χ3n) is 1.86. The molecular formula is C11H14O5. The number of allylic oxidation sites excluding steroid dienone is 2. The van der Waals surface area contributed by atoms with Crippen LogP contribution in [0, 0.1) is 0 Å². The molecule has 0 N–H and O–H groups in total. The molecule has 0 radical (unpaired) electrons. The Labute approximate surface area is 93.7 Å². The van der Waals surface area contributed by atoms with Gasteiger partial charge in [-0.25, -0.2) is 14.4 Å². The van der Waals surface area contributed by atoms with Gasteiger partial charge in [-0.3, -0.25) is 0 Å². The van der Waals surface area contributed by atoms with Gasteiger partial charge in [-0.05, 0) is 27.7 Å². The molecule has 5 heteroatoms. The average Bonchev–Trinajstić information content (AvgIpc) is 2.26. The molecule has 0 saturated carbocycles. The number of carbonyl (C=O) groups is 3. The fourth-order valence-corrected chi connectivity index (χ4v) is 0.569. The number of hydrogen-bond acceptors (Lipinski definition) is 5. The molecule has 88 valence electrons. The highest BCUT2D eigenvalue weighted by molar-refractivity contribution is 5.99. The Balaban J connectivity index is 4.31. The van der Waals surface area contributed by atoms with Gasteiger partial charge in [0.2, 0.25) is 0 Å². The van der Waals surface area contributed by atoms with Crippen LogP contribution in [0.5, 0.6) is 0 Å². The van der Waals surface area contributed by atoms with Gasteiger partial charge < -0.3 is 9.47 Å². The van der Waals surface area contributed by atoms with Crippen molar-refractivity contribution in [3.8, 4) is 0 Å². The van der Waals surface area contributed by atoms with Gasteiger partial charge in [0.25, 0.3) is 0 Å². The van der Waals surface area contributed by atoms with Crippen molar-refractivity contribution >= 4 is 18.1 Å². The third-order valence-corrected chi connectivity index (χ3v) is 1.86. The van der Waals surface area contributed by atoms with E-state index in [-0.39, 0.29) is 11.1 Å². The fraction of sp³-hybridized carbons (Fsp3) is 0.364. The van der Waals surface area contributed by atoms with Crippen LogP contribution in [0.3, 0.4) is 0 Å².